The van der Waals surface area contributed by atoms with E-state index in [0.717, 1.165) is 27.9 Å². The van der Waals surface area contributed by atoms with Crippen LogP contribution in [-0.2, 0) is 13.0 Å². The number of nitrogens with zero attached hydrogens (tertiary/aromatic N) is 4. The van der Waals surface area contributed by atoms with Crippen molar-refractivity contribution in [3.8, 4) is 11.1 Å². The molecule has 0 aliphatic heterocycles. The second-order valence-corrected chi connectivity index (χ2v) is 8.27. The number of halogens is 1. The average Bonchev–Trinajstić information content (AvgIpc) is 3.42. The van der Waals surface area contributed by atoms with Crippen molar-refractivity contribution < 1.29 is 4.39 Å². The normalized spacial score (nSPS) is 12.2. The summed E-state index contributed by atoms with van der Waals surface area (Å²) in [6.07, 6.45) is 0.615. The molecule has 5 aromatic rings. The van der Waals surface area contributed by atoms with Gasteiger partial charge in [0.05, 0.1) is 16.7 Å². The Labute approximate surface area is 202 Å². The lowest BCUT2D eigenvalue weighted by Gasteiger charge is -2.13. The fraction of sp³-hybridized carbons (Fsp3) is 0.111. The fourth-order valence-electron chi connectivity index (χ4n) is 4.28. The number of imidazole rings is 1. The highest BCUT2D eigenvalue weighted by molar-refractivity contribution is 5.87. The van der Waals surface area contributed by atoms with Gasteiger partial charge in [0.25, 0.3) is 0 Å². The van der Waals surface area contributed by atoms with Gasteiger partial charge in [0.2, 0.25) is 0 Å². The van der Waals surface area contributed by atoms with E-state index >= 15 is 0 Å². The van der Waals surface area contributed by atoms with E-state index in [1.54, 1.807) is 12.1 Å². The van der Waals surface area contributed by atoms with Crippen molar-refractivity contribution in [2.45, 2.75) is 19.9 Å². The van der Waals surface area contributed by atoms with E-state index in [1.165, 1.54) is 16.8 Å². The Hall–Kier alpha value is -4.59. The van der Waals surface area contributed by atoms with Crippen LogP contribution in [0.3, 0.4) is 0 Å². The van der Waals surface area contributed by atoms with Crippen LogP contribution in [0.2, 0.25) is 0 Å². The monoisotopic (exact) mass is 467 g/mol. The molecule has 2 aromatic heterocycles. The van der Waals surface area contributed by atoms with Gasteiger partial charge in [-0.3, -0.25) is 0 Å². The van der Waals surface area contributed by atoms with Crippen molar-refractivity contribution in [3.63, 3.8) is 0 Å². The molecule has 0 aliphatic carbocycles. The Kier molecular flexibility index (Phi) is 5.70. The van der Waals surface area contributed by atoms with Crippen molar-refractivity contribution in [1.29, 1.82) is 0 Å². The summed E-state index contributed by atoms with van der Waals surface area (Å²) in [7, 11) is 0. The highest BCUT2D eigenvalue weighted by Gasteiger charge is 2.21. The number of anilines is 1. The Balaban J connectivity index is 1.65. The largest absolute Gasteiger partial charge is 0.393 e. The molecule has 176 valence electrons. The first-order valence-corrected chi connectivity index (χ1v) is 11.4. The maximum absolute atomic E-state index is 13.5. The molecule has 5 rings (SSSR count). The van der Waals surface area contributed by atoms with Gasteiger partial charge < -0.3 is 21.8 Å². The molecule has 0 atom stereocenters. The highest BCUT2D eigenvalue weighted by atomic mass is 19.1. The van der Waals surface area contributed by atoms with E-state index in [9.17, 15) is 4.39 Å². The molecule has 6 N–H and O–H groups in total. The number of nitrogens with two attached hydrogens (primary N) is 3. The van der Waals surface area contributed by atoms with E-state index in [1.807, 2.05) is 54.0 Å². The van der Waals surface area contributed by atoms with Crippen LogP contribution in [0.5, 0.6) is 0 Å². The second kappa shape index (κ2) is 8.98. The summed E-state index contributed by atoms with van der Waals surface area (Å²) in [5, 5.41) is 4.64. The second-order valence-electron chi connectivity index (χ2n) is 8.27. The third kappa shape index (κ3) is 3.99. The summed E-state index contributed by atoms with van der Waals surface area (Å²) in [5.74, 6) is 0.720. The van der Waals surface area contributed by atoms with Crippen LogP contribution in [0, 0.1) is 5.82 Å². The molecule has 7 nitrogen and oxygen atoms in total. The number of benzene rings is 3. The number of aromatic nitrogens is 4. The summed E-state index contributed by atoms with van der Waals surface area (Å²) in [4.78, 5) is 4.78. The summed E-state index contributed by atoms with van der Waals surface area (Å²) < 4.78 is 17.0. The Morgan fingerprint density at radius 3 is 2.31 bits per heavy atom. The molecular weight excluding hydrogens is 441 g/mol. The summed E-state index contributed by atoms with van der Waals surface area (Å²) in [6, 6.07) is 24.1. The quantitative estimate of drug-likeness (QED) is 0.342. The zero-order valence-electron chi connectivity index (χ0n) is 19.3. The summed E-state index contributed by atoms with van der Waals surface area (Å²) >= 11 is 0. The van der Waals surface area contributed by atoms with E-state index < -0.39 is 0 Å². The van der Waals surface area contributed by atoms with Crippen LogP contribution in [0.4, 0.5) is 10.2 Å². The number of nitrogen functional groups attached to an aromatic ring is 1. The lowest BCUT2D eigenvalue weighted by molar-refractivity contribution is 0.628. The minimum absolute atomic E-state index is 0.176. The Morgan fingerprint density at radius 1 is 0.914 bits per heavy atom. The van der Waals surface area contributed by atoms with Crippen LogP contribution in [0.15, 0.2) is 78.9 Å². The summed E-state index contributed by atoms with van der Waals surface area (Å²) in [5.41, 5.74) is 25.0. The minimum atomic E-state index is -0.321. The lowest BCUT2D eigenvalue weighted by atomic mass is 10.0. The third-order valence-electron chi connectivity index (χ3n) is 6.04. The van der Waals surface area contributed by atoms with Gasteiger partial charge in [-0.15, -0.1) is 0 Å². The van der Waals surface area contributed by atoms with E-state index in [0.29, 0.717) is 30.2 Å². The van der Waals surface area contributed by atoms with E-state index in [2.05, 4.69) is 17.2 Å². The number of aryl methyl sites for hydroxylation is 1. The zero-order chi connectivity index (χ0) is 24.5. The van der Waals surface area contributed by atoms with Gasteiger partial charge in [0.1, 0.15) is 17.3 Å². The Bertz CT molecular complexity index is 1530. The van der Waals surface area contributed by atoms with Crippen molar-refractivity contribution in [3.05, 3.63) is 102 Å². The van der Waals surface area contributed by atoms with Crippen LogP contribution < -0.4 is 17.2 Å². The van der Waals surface area contributed by atoms with Gasteiger partial charge in [0, 0.05) is 12.1 Å². The number of hydrogen-bond acceptors (Lipinski definition) is 5. The molecule has 0 saturated carbocycles. The third-order valence-corrected chi connectivity index (χ3v) is 6.04. The van der Waals surface area contributed by atoms with Gasteiger partial charge in [-0.25, -0.2) is 9.37 Å². The number of para-hydroxylation sites is 2. The molecule has 0 aliphatic rings. The van der Waals surface area contributed by atoms with Crippen LogP contribution in [0.1, 0.15) is 24.0 Å². The predicted molar refractivity (Wildman–Crippen MR) is 138 cm³/mol. The standard InChI is InChI=1S/C27H26FN7/c1-2-20-23(18-12-14-19(28)15-13-18)25(30)35(33-20)26(31)24(29)27-32-21-10-6-7-11-22(21)34(27)16-17-8-4-3-5-9-17/h3-15H,2,16,29-31H2,1H3/b26-24-. The van der Waals surface area contributed by atoms with Crippen LogP contribution in [-0.4, -0.2) is 19.3 Å². The molecule has 0 spiro atoms. The molecule has 0 fully saturated rings. The smallest absolute Gasteiger partial charge is 0.161 e. The fourth-order valence-corrected chi connectivity index (χ4v) is 4.28. The van der Waals surface area contributed by atoms with Gasteiger partial charge in [-0.1, -0.05) is 61.5 Å². The molecule has 3 aromatic carbocycles. The SMILES string of the molecule is CCc1nn(/C(N)=C(\N)c2nc3ccccc3n2Cc2ccccc2)c(N)c1-c1ccc(F)cc1. The lowest BCUT2D eigenvalue weighted by Crippen LogP contribution is -2.19. The van der Waals surface area contributed by atoms with Crippen LogP contribution in [0.25, 0.3) is 33.7 Å². The maximum Gasteiger partial charge on any atom is 0.161 e. The molecule has 8 heteroatoms. The first-order valence-electron chi connectivity index (χ1n) is 11.4. The topological polar surface area (TPSA) is 114 Å². The maximum atomic E-state index is 13.5. The first-order chi connectivity index (χ1) is 17.0. The molecule has 0 saturated heterocycles. The van der Waals surface area contributed by atoms with Gasteiger partial charge >= 0.3 is 0 Å². The minimum Gasteiger partial charge on any atom is -0.393 e. The number of rotatable bonds is 6. The van der Waals surface area contributed by atoms with Crippen molar-refractivity contribution in [2.24, 2.45) is 11.5 Å². The van der Waals surface area contributed by atoms with Crippen LogP contribution >= 0.6 is 0 Å². The van der Waals surface area contributed by atoms with Crippen molar-refractivity contribution >= 4 is 28.4 Å². The van der Waals surface area contributed by atoms with Crippen molar-refractivity contribution in [1.82, 2.24) is 19.3 Å². The van der Waals surface area contributed by atoms with Crippen molar-refractivity contribution in [2.75, 3.05) is 5.73 Å². The number of hydrogen-bond donors (Lipinski definition) is 3. The van der Waals surface area contributed by atoms with E-state index in [-0.39, 0.29) is 17.3 Å². The van der Waals surface area contributed by atoms with Gasteiger partial charge in [0.15, 0.2) is 11.6 Å². The molecule has 0 unspecified atom stereocenters. The molecule has 35 heavy (non-hydrogen) atoms. The first kappa shape index (κ1) is 22.2. The molecule has 0 bridgehead atoms. The Morgan fingerprint density at radius 2 is 1.60 bits per heavy atom. The number of fused-ring (bicyclic) bond motifs is 1. The zero-order valence-corrected chi connectivity index (χ0v) is 19.3. The van der Waals surface area contributed by atoms with Gasteiger partial charge in [-0.2, -0.15) is 9.78 Å². The molecule has 2 heterocycles. The molecular formula is C27H26FN7. The van der Waals surface area contributed by atoms with E-state index in [4.69, 9.17) is 22.2 Å². The summed E-state index contributed by atoms with van der Waals surface area (Å²) in [6.45, 7) is 2.54. The molecule has 0 radical (unpaired) electrons. The predicted octanol–water partition coefficient (Wildman–Crippen LogP) is 4.43. The average molecular weight is 468 g/mol. The van der Waals surface area contributed by atoms with Gasteiger partial charge in [-0.05, 0) is 41.8 Å². The highest BCUT2D eigenvalue weighted by Crippen LogP contribution is 2.32. The molecule has 0 amide bonds.